The molecular formula is C7H9N3O3. The number of fused-ring (bicyclic) bond motifs is 1. The summed E-state index contributed by atoms with van der Waals surface area (Å²) in [4.78, 5) is 9.96. The standard InChI is InChI=1S/C7H9N3O3/c8-5-2-9-3-6(10(11)12)1-7(9)13-4-5/h1,3,5H,2,4,8H2. The highest BCUT2D eigenvalue weighted by atomic mass is 16.6. The summed E-state index contributed by atoms with van der Waals surface area (Å²) in [7, 11) is 0. The number of nitrogens with two attached hydrogens (primary N) is 1. The minimum atomic E-state index is -0.444. The van der Waals surface area contributed by atoms with Gasteiger partial charge in [-0.2, -0.15) is 0 Å². The van der Waals surface area contributed by atoms with E-state index in [2.05, 4.69) is 0 Å². The molecule has 1 atom stereocenters. The van der Waals surface area contributed by atoms with Crippen molar-refractivity contribution in [2.45, 2.75) is 12.6 Å². The third kappa shape index (κ3) is 1.35. The van der Waals surface area contributed by atoms with Gasteiger partial charge in [-0.25, -0.2) is 0 Å². The van der Waals surface area contributed by atoms with Gasteiger partial charge in [-0.05, 0) is 0 Å². The molecule has 0 aliphatic carbocycles. The lowest BCUT2D eigenvalue weighted by molar-refractivity contribution is -0.384. The van der Waals surface area contributed by atoms with Crippen LogP contribution in [0, 0.1) is 10.1 Å². The Hall–Kier alpha value is -1.56. The molecule has 0 saturated carbocycles. The van der Waals surface area contributed by atoms with Gasteiger partial charge in [-0.15, -0.1) is 0 Å². The minimum absolute atomic E-state index is 0.0455. The number of hydrogen-bond donors (Lipinski definition) is 1. The van der Waals surface area contributed by atoms with Crippen LogP contribution in [0.25, 0.3) is 0 Å². The number of hydrogen-bond acceptors (Lipinski definition) is 4. The molecule has 6 nitrogen and oxygen atoms in total. The van der Waals surface area contributed by atoms with E-state index in [1.807, 2.05) is 0 Å². The van der Waals surface area contributed by atoms with Crippen LogP contribution in [0.2, 0.25) is 0 Å². The maximum atomic E-state index is 10.4. The van der Waals surface area contributed by atoms with Crippen molar-refractivity contribution in [2.24, 2.45) is 5.73 Å². The number of aromatic nitrogens is 1. The zero-order valence-electron chi connectivity index (χ0n) is 6.84. The minimum Gasteiger partial charge on any atom is -0.477 e. The first kappa shape index (κ1) is 8.06. The van der Waals surface area contributed by atoms with E-state index in [1.165, 1.54) is 12.3 Å². The molecular weight excluding hydrogens is 174 g/mol. The summed E-state index contributed by atoms with van der Waals surface area (Å²) in [5.41, 5.74) is 5.66. The SMILES string of the molecule is NC1COc2cc([N+](=O)[O-])cn2C1. The van der Waals surface area contributed by atoms with Crippen molar-refractivity contribution >= 4 is 5.69 Å². The van der Waals surface area contributed by atoms with E-state index >= 15 is 0 Å². The Bertz CT molecular complexity index is 347. The molecule has 1 unspecified atom stereocenters. The van der Waals surface area contributed by atoms with Gasteiger partial charge in [0, 0.05) is 6.54 Å². The molecule has 0 saturated heterocycles. The molecule has 0 spiro atoms. The summed E-state index contributed by atoms with van der Waals surface area (Å²) < 4.78 is 6.86. The predicted octanol–water partition coefficient (Wildman–Crippen LogP) is 0.116. The van der Waals surface area contributed by atoms with Crippen molar-refractivity contribution in [1.29, 1.82) is 0 Å². The van der Waals surface area contributed by atoms with Crippen LogP contribution in [0.5, 0.6) is 5.88 Å². The van der Waals surface area contributed by atoms with E-state index in [1.54, 1.807) is 4.57 Å². The zero-order chi connectivity index (χ0) is 9.42. The van der Waals surface area contributed by atoms with Crippen LogP contribution in [0.4, 0.5) is 5.69 Å². The van der Waals surface area contributed by atoms with Crippen molar-refractivity contribution in [2.75, 3.05) is 6.61 Å². The van der Waals surface area contributed by atoms with Gasteiger partial charge in [-0.1, -0.05) is 0 Å². The molecule has 1 aliphatic rings. The van der Waals surface area contributed by atoms with Gasteiger partial charge in [0.25, 0.3) is 5.69 Å². The third-order valence-corrected chi connectivity index (χ3v) is 1.93. The Morgan fingerprint density at radius 3 is 3.23 bits per heavy atom. The van der Waals surface area contributed by atoms with Crippen LogP contribution in [0.1, 0.15) is 0 Å². The molecule has 2 N–H and O–H groups in total. The van der Waals surface area contributed by atoms with Crippen LogP contribution in [-0.2, 0) is 6.54 Å². The van der Waals surface area contributed by atoms with Crippen molar-refractivity contribution < 1.29 is 9.66 Å². The molecule has 0 bridgehead atoms. The van der Waals surface area contributed by atoms with Crippen LogP contribution < -0.4 is 10.5 Å². The summed E-state index contributed by atoms with van der Waals surface area (Å²) in [6.45, 7) is 0.990. The number of nitrogens with zero attached hydrogens (tertiary/aromatic N) is 2. The average Bonchev–Trinajstić information content (AvgIpc) is 2.46. The predicted molar refractivity (Wildman–Crippen MR) is 44.6 cm³/mol. The Balaban J connectivity index is 2.33. The Morgan fingerprint density at radius 1 is 1.77 bits per heavy atom. The molecule has 0 fully saturated rings. The van der Waals surface area contributed by atoms with Crippen LogP contribution in [0.3, 0.4) is 0 Å². The first-order valence-corrected chi connectivity index (χ1v) is 3.90. The molecule has 1 aromatic heterocycles. The van der Waals surface area contributed by atoms with E-state index < -0.39 is 4.92 Å². The van der Waals surface area contributed by atoms with Gasteiger partial charge in [0.2, 0.25) is 5.88 Å². The second kappa shape index (κ2) is 2.74. The largest absolute Gasteiger partial charge is 0.477 e. The van der Waals surface area contributed by atoms with Crippen LogP contribution in [0.15, 0.2) is 12.3 Å². The van der Waals surface area contributed by atoms with Gasteiger partial charge in [0.15, 0.2) is 0 Å². The lowest BCUT2D eigenvalue weighted by Gasteiger charge is -2.21. The van der Waals surface area contributed by atoms with E-state index in [9.17, 15) is 10.1 Å². The highest BCUT2D eigenvalue weighted by molar-refractivity contribution is 5.36. The zero-order valence-corrected chi connectivity index (χ0v) is 6.84. The normalized spacial score (nSPS) is 20.5. The van der Waals surface area contributed by atoms with Crippen LogP contribution in [-0.4, -0.2) is 22.1 Å². The first-order chi connectivity index (χ1) is 6.16. The van der Waals surface area contributed by atoms with E-state index in [0.29, 0.717) is 19.0 Å². The quantitative estimate of drug-likeness (QED) is 0.495. The number of rotatable bonds is 1. The summed E-state index contributed by atoms with van der Waals surface area (Å²) in [5.74, 6) is 0.522. The summed E-state index contributed by atoms with van der Waals surface area (Å²) in [6.07, 6.45) is 1.44. The lowest BCUT2D eigenvalue weighted by atomic mass is 10.3. The van der Waals surface area contributed by atoms with Crippen LogP contribution >= 0.6 is 0 Å². The second-order valence-corrected chi connectivity index (χ2v) is 3.02. The topological polar surface area (TPSA) is 83.3 Å². The van der Waals surface area contributed by atoms with E-state index in [-0.39, 0.29) is 11.7 Å². The summed E-state index contributed by atoms with van der Waals surface area (Å²) >= 11 is 0. The first-order valence-electron chi connectivity index (χ1n) is 3.90. The monoisotopic (exact) mass is 183 g/mol. The Labute approximate surface area is 74.0 Å². The fraction of sp³-hybridized carbons (Fsp3) is 0.429. The molecule has 1 aromatic rings. The van der Waals surface area contributed by atoms with Crippen molar-refractivity contribution in [3.8, 4) is 5.88 Å². The van der Waals surface area contributed by atoms with Gasteiger partial charge in [0.05, 0.1) is 23.2 Å². The number of nitro groups is 1. The molecule has 0 aromatic carbocycles. The van der Waals surface area contributed by atoms with Crippen molar-refractivity contribution in [3.63, 3.8) is 0 Å². The maximum Gasteiger partial charge on any atom is 0.290 e. The molecule has 2 heterocycles. The second-order valence-electron chi connectivity index (χ2n) is 3.02. The third-order valence-electron chi connectivity index (χ3n) is 1.93. The highest BCUT2D eigenvalue weighted by Gasteiger charge is 2.21. The Kier molecular flexibility index (Phi) is 1.70. The van der Waals surface area contributed by atoms with Gasteiger partial charge in [-0.3, -0.25) is 10.1 Å². The van der Waals surface area contributed by atoms with Gasteiger partial charge in [0.1, 0.15) is 6.61 Å². The van der Waals surface area contributed by atoms with Crippen molar-refractivity contribution in [3.05, 3.63) is 22.4 Å². The smallest absolute Gasteiger partial charge is 0.290 e. The lowest BCUT2D eigenvalue weighted by Crippen LogP contribution is -2.36. The van der Waals surface area contributed by atoms with Gasteiger partial charge < -0.3 is 15.0 Å². The fourth-order valence-electron chi connectivity index (χ4n) is 1.33. The molecule has 2 rings (SSSR count). The molecule has 70 valence electrons. The summed E-state index contributed by atoms with van der Waals surface area (Å²) in [6, 6.07) is 1.32. The maximum absolute atomic E-state index is 10.4. The van der Waals surface area contributed by atoms with Gasteiger partial charge >= 0.3 is 0 Å². The highest BCUT2D eigenvalue weighted by Crippen LogP contribution is 2.25. The van der Waals surface area contributed by atoms with E-state index in [0.717, 1.165) is 0 Å². The number of ether oxygens (including phenoxy) is 1. The molecule has 13 heavy (non-hydrogen) atoms. The Morgan fingerprint density at radius 2 is 2.54 bits per heavy atom. The van der Waals surface area contributed by atoms with E-state index in [4.69, 9.17) is 10.5 Å². The molecule has 0 radical (unpaired) electrons. The average molecular weight is 183 g/mol. The fourth-order valence-corrected chi connectivity index (χ4v) is 1.33. The van der Waals surface area contributed by atoms with Crippen molar-refractivity contribution in [1.82, 2.24) is 4.57 Å². The summed E-state index contributed by atoms with van der Waals surface area (Å²) in [5, 5.41) is 10.4. The molecule has 1 aliphatic heterocycles. The molecule has 0 amide bonds. The molecule has 6 heteroatoms.